The third-order valence-electron chi connectivity index (χ3n) is 3.53. The smallest absolute Gasteiger partial charge is 0.233 e. The van der Waals surface area contributed by atoms with Crippen LogP contribution in [-0.4, -0.2) is 25.5 Å². The number of rotatable bonds is 7. The molecule has 5 heteroatoms. The molecule has 0 bridgehead atoms. The molecule has 2 rings (SSSR count). The maximum atomic E-state index is 11.9. The minimum atomic E-state index is -0.324. The predicted octanol–water partition coefficient (Wildman–Crippen LogP) is 2.69. The summed E-state index contributed by atoms with van der Waals surface area (Å²) in [6.45, 7) is 2.40. The van der Waals surface area contributed by atoms with Gasteiger partial charge in [0.25, 0.3) is 0 Å². The number of benzene rings is 2. The summed E-state index contributed by atoms with van der Waals surface area (Å²) in [4.78, 5) is 23.7. The van der Waals surface area contributed by atoms with E-state index in [0.29, 0.717) is 18.7 Å². The van der Waals surface area contributed by atoms with E-state index >= 15 is 0 Å². The second-order valence-corrected chi connectivity index (χ2v) is 5.51. The summed E-state index contributed by atoms with van der Waals surface area (Å²) in [5.41, 5.74) is 2.76. The third kappa shape index (κ3) is 5.43. The van der Waals surface area contributed by atoms with Crippen molar-refractivity contribution in [1.82, 2.24) is 5.32 Å². The molecular weight excluding hydrogens is 304 g/mol. The SMILES string of the molecule is COc1ccccc1CCNC(=O)CC(=O)Nc1cccc(C)c1. The lowest BCUT2D eigenvalue weighted by Gasteiger charge is -2.09. The van der Waals surface area contributed by atoms with Crippen molar-refractivity contribution >= 4 is 17.5 Å². The quantitative estimate of drug-likeness (QED) is 0.769. The zero-order valence-electron chi connectivity index (χ0n) is 14.0. The molecule has 0 aromatic heterocycles. The van der Waals surface area contributed by atoms with Crippen LogP contribution in [0.2, 0.25) is 0 Å². The average molecular weight is 326 g/mol. The molecule has 0 aliphatic rings. The highest BCUT2D eigenvalue weighted by atomic mass is 16.5. The molecule has 5 nitrogen and oxygen atoms in total. The molecule has 0 heterocycles. The molecule has 2 amide bonds. The highest BCUT2D eigenvalue weighted by molar-refractivity contribution is 6.03. The van der Waals surface area contributed by atoms with Crippen LogP contribution in [0.4, 0.5) is 5.69 Å². The number of anilines is 1. The van der Waals surface area contributed by atoms with E-state index in [-0.39, 0.29) is 18.2 Å². The Bertz CT molecular complexity index is 713. The van der Waals surface area contributed by atoms with Crippen molar-refractivity contribution in [3.05, 3.63) is 59.7 Å². The molecule has 2 N–H and O–H groups in total. The van der Waals surface area contributed by atoms with Gasteiger partial charge in [0.1, 0.15) is 12.2 Å². The Labute approximate surface area is 142 Å². The van der Waals surface area contributed by atoms with Gasteiger partial charge < -0.3 is 15.4 Å². The molecule has 0 radical (unpaired) electrons. The van der Waals surface area contributed by atoms with Crippen molar-refractivity contribution in [3.63, 3.8) is 0 Å². The van der Waals surface area contributed by atoms with Gasteiger partial charge in [0.2, 0.25) is 11.8 Å². The first-order valence-corrected chi connectivity index (χ1v) is 7.83. The number of ether oxygens (including phenoxy) is 1. The lowest BCUT2D eigenvalue weighted by atomic mass is 10.1. The molecule has 0 fully saturated rings. The van der Waals surface area contributed by atoms with E-state index in [0.717, 1.165) is 16.9 Å². The van der Waals surface area contributed by atoms with Crippen LogP contribution in [0.15, 0.2) is 48.5 Å². The summed E-state index contributed by atoms with van der Waals surface area (Å²) in [7, 11) is 1.62. The summed E-state index contributed by atoms with van der Waals surface area (Å²) in [5.74, 6) is 0.175. The summed E-state index contributed by atoms with van der Waals surface area (Å²) in [5, 5.41) is 5.48. The molecule has 0 saturated heterocycles. The Kier molecular flexibility index (Phi) is 6.37. The van der Waals surface area contributed by atoms with Crippen LogP contribution >= 0.6 is 0 Å². The van der Waals surface area contributed by atoms with Gasteiger partial charge in [0.15, 0.2) is 0 Å². The molecule has 0 spiro atoms. The van der Waals surface area contributed by atoms with Crippen LogP contribution in [0.3, 0.4) is 0 Å². The molecule has 0 saturated carbocycles. The second-order valence-electron chi connectivity index (χ2n) is 5.51. The van der Waals surface area contributed by atoms with Crippen LogP contribution in [0.25, 0.3) is 0 Å². The van der Waals surface area contributed by atoms with E-state index in [1.165, 1.54) is 0 Å². The van der Waals surface area contributed by atoms with E-state index in [1.807, 2.05) is 49.4 Å². The normalized spacial score (nSPS) is 10.1. The van der Waals surface area contributed by atoms with E-state index in [2.05, 4.69) is 10.6 Å². The molecule has 0 atom stereocenters. The zero-order chi connectivity index (χ0) is 17.4. The van der Waals surface area contributed by atoms with Crippen molar-refractivity contribution < 1.29 is 14.3 Å². The minimum Gasteiger partial charge on any atom is -0.496 e. The predicted molar refractivity (Wildman–Crippen MR) is 94.1 cm³/mol. The Morgan fingerprint density at radius 2 is 1.83 bits per heavy atom. The van der Waals surface area contributed by atoms with Crippen molar-refractivity contribution in [1.29, 1.82) is 0 Å². The highest BCUT2D eigenvalue weighted by Crippen LogP contribution is 2.17. The Balaban J connectivity index is 1.75. The summed E-state index contributed by atoms with van der Waals surface area (Å²) in [6, 6.07) is 15.1. The Morgan fingerprint density at radius 3 is 2.58 bits per heavy atom. The Hall–Kier alpha value is -2.82. The third-order valence-corrected chi connectivity index (χ3v) is 3.53. The van der Waals surface area contributed by atoms with Gasteiger partial charge in [-0.15, -0.1) is 0 Å². The number of amides is 2. The van der Waals surface area contributed by atoms with Gasteiger partial charge in [-0.3, -0.25) is 9.59 Å². The number of carbonyl (C=O) groups is 2. The fourth-order valence-electron chi connectivity index (χ4n) is 2.38. The molecule has 2 aromatic carbocycles. The topological polar surface area (TPSA) is 67.4 Å². The van der Waals surface area contributed by atoms with Gasteiger partial charge in [-0.1, -0.05) is 30.3 Å². The first-order valence-electron chi connectivity index (χ1n) is 7.83. The monoisotopic (exact) mass is 326 g/mol. The van der Waals surface area contributed by atoms with Gasteiger partial charge in [-0.2, -0.15) is 0 Å². The van der Waals surface area contributed by atoms with Gasteiger partial charge in [0.05, 0.1) is 7.11 Å². The van der Waals surface area contributed by atoms with E-state index < -0.39 is 0 Å². The van der Waals surface area contributed by atoms with Crippen molar-refractivity contribution in [2.45, 2.75) is 19.8 Å². The average Bonchev–Trinajstić information content (AvgIpc) is 2.55. The number of hydrogen-bond acceptors (Lipinski definition) is 3. The van der Waals surface area contributed by atoms with Gasteiger partial charge in [-0.25, -0.2) is 0 Å². The van der Waals surface area contributed by atoms with E-state index in [9.17, 15) is 9.59 Å². The van der Waals surface area contributed by atoms with Gasteiger partial charge in [-0.05, 0) is 42.7 Å². The van der Waals surface area contributed by atoms with Crippen LogP contribution in [-0.2, 0) is 16.0 Å². The fraction of sp³-hybridized carbons (Fsp3) is 0.263. The number of nitrogens with one attached hydrogen (secondary N) is 2. The molecule has 0 unspecified atom stereocenters. The summed E-state index contributed by atoms with van der Waals surface area (Å²) >= 11 is 0. The summed E-state index contributed by atoms with van der Waals surface area (Å²) in [6.07, 6.45) is 0.453. The zero-order valence-corrected chi connectivity index (χ0v) is 14.0. The number of carbonyl (C=O) groups excluding carboxylic acids is 2. The fourth-order valence-corrected chi connectivity index (χ4v) is 2.38. The van der Waals surface area contributed by atoms with E-state index in [1.54, 1.807) is 13.2 Å². The van der Waals surface area contributed by atoms with Gasteiger partial charge in [0, 0.05) is 12.2 Å². The molecule has 0 aliphatic carbocycles. The van der Waals surface area contributed by atoms with Crippen molar-refractivity contribution in [2.24, 2.45) is 0 Å². The Morgan fingerprint density at radius 1 is 1.04 bits per heavy atom. The van der Waals surface area contributed by atoms with Gasteiger partial charge >= 0.3 is 0 Å². The summed E-state index contributed by atoms with van der Waals surface area (Å²) < 4.78 is 5.27. The lowest BCUT2D eigenvalue weighted by molar-refractivity contribution is -0.126. The second kappa shape index (κ2) is 8.72. The molecule has 126 valence electrons. The minimum absolute atomic E-state index is 0.195. The van der Waals surface area contributed by atoms with Crippen LogP contribution < -0.4 is 15.4 Å². The first kappa shape index (κ1) is 17.5. The molecule has 0 aliphatic heterocycles. The number of para-hydroxylation sites is 1. The molecular formula is C19H22N2O3. The first-order chi connectivity index (χ1) is 11.6. The standard InChI is InChI=1S/C19H22N2O3/c1-14-6-5-8-16(12-14)21-19(23)13-18(22)20-11-10-15-7-3-4-9-17(15)24-2/h3-9,12H,10-11,13H2,1-2H3,(H,20,22)(H,21,23). The van der Waals surface area contributed by atoms with E-state index in [4.69, 9.17) is 4.74 Å². The van der Waals surface area contributed by atoms with Crippen LogP contribution in [0, 0.1) is 6.92 Å². The van der Waals surface area contributed by atoms with Crippen LogP contribution in [0.5, 0.6) is 5.75 Å². The van der Waals surface area contributed by atoms with Crippen LogP contribution in [0.1, 0.15) is 17.5 Å². The highest BCUT2D eigenvalue weighted by Gasteiger charge is 2.10. The largest absolute Gasteiger partial charge is 0.496 e. The lowest BCUT2D eigenvalue weighted by Crippen LogP contribution is -2.29. The maximum Gasteiger partial charge on any atom is 0.233 e. The number of aryl methyl sites for hydroxylation is 1. The van der Waals surface area contributed by atoms with Crippen molar-refractivity contribution in [2.75, 3.05) is 19.0 Å². The maximum absolute atomic E-state index is 11.9. The number of hydrogen-bond donors (Lipinski definition) is 2. The van der Waals surface area contributed by atoms with Crippen molar-refractivity contribution in [3.8, 4) is 5.75 Å². The molecule has 2 aromatic rings. The molecule has 24 heavy (non-hydrogen) atoms. The number of methoxy groups -OCH3 is 1.